The first-order valence-corrected chi connectivity index (χ1v) is 11.0. The van der Waals surface area contributed by atoms with Gasteiger partial charge in [0.15, 0.2) is 5.96 Å². The summed E-state index contributed by atoms with van der Waals surface area (Å²) in [6, 6.07) is 3.89. The summed E-state index contributed by atoms with van der Waals surface area (Å²) >= 11 is 0. The molecule has 0 bridgehead atoms. The van der Waals surface area contributed by atoms with E-state index in [1.807, 2.05) is 32.9 Å². The zero-order valence-electron chi connectivity index (χ0n) is 18.9. The Labute approximate surface area is 180 Å². The number of nitrogens with zero attached hydrogens (tertiary/aromatic N) is 2. The van der Waals surface area contributed by atoms with Crippen LogP contribution in [0, 0.1) is 0 Å². The molecule has 1 aromatic heterocycles. The molecular weight excluding hydrogens is 384 g/mol. The second-order valence-corrected chi connectivity index (χ2v) is 8.40. The van der Waals surface area contributed by atoms with Gasteiger partial charge in [-0.15, -0.1) is 0 Å². The van der Waals surface area contributed by atoms with Gasteiger partial charge in [0.05, 0.1) is 12.4 Å². The van der Waals surface area contributed by atoms with Crippen LogP contribution >= 0.6 is 0 Å². The van der Waals surface area contributed by atoms with Gasteiger partial charge in [-0.25, -0.2) is 4.79 Å². The molecule has 1 aromatic rings. The first-order chi connectivity index (χ1) is 14.4. The lowest BCUT2D eigenvalue weighted by Gasteiger charge is -2.34. The van der Waals surface area contributed by atoms with Crippen LogP contribution in [0.1, 0.15) is 52.7 Å². The second-order valence-electron chi connectivity index (χ2n) is 8.40. The highest BCUT2D eigenvalue weighted by atomic mass is 16.6. The number of carbonyl (C=O) groups excluding carboxylic acids is 1. The highest BCUT2D eigenvalue weighted by Crippen LogP contribution is 2.14. The van der Waals surface area contributed by atoms with E-state index in [0.29, 0.717) is 19.7 Å². The van der Waals surface area contributed by atoms with Gasteiger partial charge in [-0.3, -0.25) is 4.99 Å². The van der Waals surface area contributed by atoms with E-state index < -0.39 is 5.60 Å². The number of piperidine rings is 1. The molecule has 0 atom stereocenters. The van der Waals surface area contributed by atoms with Crippen molar-refractivity contribution in [2.75, 3.05) is 39.3 Å². The quantitative estimate of drug-likeness (QED) is 0.361. The third-order valence-corrected chi connectivity index (χ3v) is 4.62. The van der Waals surface area contributed by atoms with Gasteiger partial charge in [0.2, 0.25) is 0 Å². The summed E-state index contributed by atoms with van der Waals surface area (Å²) in [5, 5.41) is 6.15. The minimum Gasteiger partial charge on any atom is -0.469 e. The average Bonchev–Trinajstić information content (AvgIpc) is 3.20. The van der Waals surface area contributed by atoms with Crippen LogP contribution < -0.4 is 10.6 Å². The predicted molar refractivity (Wildman–Crippen MR) is 118 cm³/mol. The van der Waals surface area contributed by atoms with Gasteiger partial charge in [-0.05, 0) is 59.1 Å². The number of hydrogen-bond acceptors (Lipinski definition) is 5. The summed E-state index contributed by atoms with van der Waals surface area (Å²) in [6.45, 7) is 12.2. The molecule has 0 spiro atoms. The van der Waals surface area contributed by atoms with Gasteiger partial charge in [0.25, 0.3) is 0 Å². The van der Waals surface area contributed by atoms with Crippen LogP contribution in [0.5, 0.6) is 0 Å². The number of likely N-dealkylation sites (tertiary alicyclic amines) is 1. The Hall–Kier alpha value is -2.22. The van der Waals surface area contributed by atoms with Crippen molar-refractivity contribution in [3.8, 4) is 0 Å². The Bertz CT molecular complexity index is 632. The Kier molecular flexibility index (Phi) is 10.00. The van der Waals surface area contributed by atoms with Gasteiger partial charge in [0.1, 0.15) is 11.4 Å². The van der Waals surface area contributed by atoms with Crippen molar-refractivity contribution in [1.82, 2.24) is 15.5 Å². The first-order valence-electron chi connectivity index (χ1n) is 11.0. The zero-order valence-corrected chi connectivity index (χ0v) is 18.9. The van der Waals surface area contributed by atoms with Crippen LogP contribution in [0.15, 0.2) is 27.8 Å². The molecule has 1 amide bonds. The van der Waals surface area contributed by atoms with Gasteiger partial charge in [-0.2, -0.15) is 0 Å². The molecule has 170 valence electrons. The minimum atomic E-state index is -0.470. The van der Waals surface area contributed by atoms with E-state index in [2.05, 4.69) is 22.5 Å². The molecule has 2 rings (SSSR count). The van der Waals surface area contributed by atoms with E-state index in [1.54, 1.807) is 6.26 Å². The van der Waals surface area contributed by atoms with Crippen molar-refractivity contribution in [3.05, 3.63) is 24.2 Å². The molecule has 0 radical (unpaired) electrons. The Morgan fingerprint density at radius 2 is 2.07 bits per heavy atom. The number of amides is 1. The monoisotopic (exact) mass is 422 g/mol. The van der Waals surface area contributed by atoms with Crippen LogP contribution in [0.25, 0.3) is 0 Å². The van der Waals surface area contributed by atoms with Crippen LogP contribution in [-0.2, 0) is 15.9 Å². The molecular formula is C22H38N4O4. The van der Waals surface area contributed by atoms with Crippen LogP contribution in [0.2, 0.25) is 0 Å². The summed E-state index contributed by atoms with van der Waals surface area (Å²) in [5.41, 5.74) is -0.470. The van der Waals surface area contributed by atoms with Gasteiger partial charge in [-0.1, -0.05) is 0 Å². The number of ether oxygens (including phenoxy) is 2. The lowest BCUT2D eigenvalue weighted by molar-refractivity contribution is 0.0170. The molecule has 8 heteroatoms. The van der Waals surface area contributed by atoms with Crippen LogP contribution in [-0.4, -0.2) is 68.0 Å². The number of nitrogens with one attached hydrogen (secondary N) is 2. The number of hydrogen-bond donors (Lipinski definition) is 2. The fourth-order valence-corrected chi connectivity index (χ4v) is 3.21. The lowest BCUT2D eigenvalue weighted by atomic mass is 10.1. The Morgan fingerprint density at radius 3 is 2.70 bits per heavy atom. The van der Waals surface area contributed by atoms with Crippen molar-refractivity contribution in [2.45, 2.75) is 65.1 Å². The first kappa shape index (κ1) is 24.1. The average molecular weight is 423 g/mol. The normalized spacial score (nSPS) is 15.9. The molecule has 0 aliphatic carbocycles. The van der Waals surface area contributed by atoms with Crippen molar-refractivity contribution in [2.24, 2.45) is 4.99 Å². The van der Waals surface area contributed by atoms with Crippen LogP contribution in [0.4, 0.5) is 4.79 Å². The smallest absolute Gasteiger partial charge is 0.407 e. The van der Waals surface area contributed by atoms with Crippen LogP contribution in [0.3, 0.4) is 0 Å². The highest BCUT2D eigenvalue weighted by molar-refractivity contribution is 5.80. The third kappa shape index (κ3) is 9.52. The van der Waals surface area contributed by atoms with Gasteiger partial charge >= 0.3 is 6.09 Å². The zero-order chi connectivity index (χ0) is 21.8. The van der Waals surface area contributed by atoms with Crippen molar-refractivity contribution in [1.29, 1.82) is 0 Å². The summed E-state index contributed by atoms with van der Waals surface area (Å²) in [5.74, 6) is 1.92. The molecule has 2 heterocycles. The number of furan rings is 1. The predicted octanol–water partition coefficient (Wildman–Crippen LogP) is 3.18. The largest absolute Gasteiger partial charge is 0.469 e. The maximum atomic E-state index is 11.6. The topological polar surface area (TPSA) is 88.3 Å². The van der Waals surface area contributed by atoms with E-state index in [1.165, 1.54) is 0 Å². The van der Waals surface area contributed by atoms with Crippen molar-refractivity contribution in [3.63, 3.8) is 0 Å². The molecule has 2 N–H and O–H groups in total. The van der Waals surface area contributed by atoms with Crippen molar-refractivity contribution < 1.29 is 18.7 Å². The van der Waals surface area contributed by atoms with Crippen molar-refractivity contribution >= 4 is 12.1 Å². The standard InChI is InChI=1S/C22H38N4O4/c1-5-23-20(24-13-9-18-8-6-16-28-18)26-14-10-19(11-15-26)29-17-7-12-25-21(27)30-22(2,3)4/h6,8,16,19H,5,7,9-15,17H2,1-4H3,(H,23,24)(H,25,27). The highest BCUT2D eigenvalue weighted by Gasteiger charge is 2.22. The fraction of sp³-hybridized carbons (Fsp3) is 0.727. The molecule has 0 aromatic carbocycles. The molecule has 1 fully saturated rings. The molecule has 1 aliphatic rings. The maximum Gasteiger partial charge on any atom is 0.407 e. The van der Waals surface area contributed by atoms with E-state index in [4.69, 9.17) is 18.9 Å². The molecule has 8 nitrogen and oxygen atoms in total. The molecule has 30 heavy (non-hydrogen) atoms. The molecule has 1 aliphatic heterocycles. The molecule has 0 unspecified atom stereocenters. The maximum absolute atomic E-state index is 11.6. The molecule has 1 saturated heterocycles. The van der Waals surface area contributed by atoms with Gasteiger partial charge < -0.3 is 29.4 Å². The number of rotatable bonds is 9. The SMILES string of the molecule is CCNC(=NCCc1ccco1)N1CCC(OCCCNC(=O)OC(C)(C)C)CC1. The van der Waals surface area contributed by atoms with Gasteiger partial charge in [0, 0.05) is 45.8 Å². The molecule has 0 saturated carbocycles. The number of carbonyl (C=O) groups is 1. The van der Waals surface area contributed by atoms with E-state index in [9.17, 15) is 4.79 Å². The number of guanidine groups is 1. The Balaban J connectivity index is 1.62. The Morgan fingerprint density at radius 1 is 1.30 bits per heavy atom. The summed E-state index contributed by atoms with van der Waals surface area (Å²) in [6.07, 6.45) is 5.11. The second kappa shape index (κ2) is 12.5. The summed E-state index contributed by atoms with van der Waals surface area (Å²) in [4.78, 5) is 18.7. The van der Waals surface area contributed by atoms with E-state index in [-0.39, 0.29) is 12.2 Å². The summed E-state index contributed by atoms with van der Waals surface area (Å²) < 4.78 is 16.6. The lowest BCUT2D eigenvalue weighted by Crippen LogP contribution is -2.47. The van der Waals surface area contributed by atoms with E-state index >= 15 is 0 Å². The minimum absolute atomic E-state index is 0.258. The third-order valence-electron chi connectivity index (χ3n) is 4.62. The summed E-state index contributed by atoms with van der Waals surface area (Å²) in [7, 11) is 0. The number of alkyl carbamates (subject to hydrolysis) is 1. The number of aliphatic imine (C=N–C) groups is 1. The van der Waals surface area contributed by atoms with E-state index in [0.717, 1.165) is 57.0 Å². The fourth-order valence-electron chi connectivity index (χ4n) is 3.21.